The van der Waals surface area contributed by atoms with Crippen LogP contribution in [0.25, 0.3) is 6.08 Å². The zero-order valence-corrected chi connectivity index (χ0v) is 13.0. The van der Waals surface area contributed by atoms with Gasteiger partial charge in [0.25, 0.3) is 0 Å². The topological polar surface area (TPSA) is 74.2 Å². The second-order valence-electron chi connectivity index (χ2n) is 4.99. The predicted octanol–water partition coefficient (Wildman–Crippen LogP) is 2.79. The molecule has 1 N–H and O–H groups in total. The fourth-order valence-electron chi connectivity index (χ4n) is 2.20. The first kappa shape index (κ1) is 15.7. The summed E-state index contributed by atoms with van der Waals surface area (Å²) in [6.45, 7) is 0.970. The van der Waals surface area contributed by atoms with E-state index in [1.54, 1.807) is 36.4 Å². The first-order valence-corrected chi connectivity index (χ1v) is 7.32. The molecule has 6 nitrogen and oxygen atoms in total. The molecule has 2 aromatic carbocycles. The molecule has 1 aliphatic rings. The Hall–Kier alpha value is -3.15. The lowest BCUT2D eigenvalue weighted by Crippen LogP contribution is -2.15. The van der Waals surface area contributed by atoms with Crippen LogP contribution in [0, 0.1) is 0 Å². The number of ether oxygens (including phenoxy) is 4. The SMILES string of the molecule is COc1cc(/C=C/C(=O)Oc2ccc3c(c2)OCCO3)ccc1O. The van der Waals surface area contributed by atoms with Crippen molar-refractivity contribution < 1.29 is 28.8 Å². The van der Waals surface area contributed by atoms with Gasteiger partial charge in [-0.2, -0.15) is 0 Å². The van der Waals surface area contributed by atoms with E-state index >= 15 is 0 Å². The summed E-state index contributed by atoms with van der Waals surface area (Å²) in [5, 5.41) is 9.54. The van der Waals surface area contributed by atoms with E-state index in [0.717, 1.165) is 0 Å². The molecule has 0 aliphatic carbocycles. The molecule has 6 heteroatoms. The number of methoxy groups -OCH3 is 1. The van der Waals surface area contributed by atoms with Crippen molar-refractivity contribution in [3.63, 3.8) is 0 Å². The van der Waals surface area contributed by atoms with Crippen LogP contribution in [0.4, 0.5) is 0 Å². The summed E-state index contributed by atoms with van der Waals surface area (Å²) in [7, 11) is 1.46. The van der Waals surface area contributed by atoms with Crippen LogP contribution in [0.5, 0.6) is 28.7 Å². The van der Waals surface area contributed by atoms with Crippen molar-refractivity contribution in [2.45, 2.75) is 0 Å². The van der Waals surface area contributed by atoms with Gasteiger partial charge in [0.05, 0.1) is 7.11 Å². The molecular weight excluding hydrogens is 312 g/mol. The lowest BCUT2D eigenvalue weighted by atomic mass is 10.2. The van der Waals surface area contributed by atoms with Crippen molar-refractivity contribution in [2.75, 3.05) is 20.3 Å². The minimum atomic E-state index is -0.529. The van der Waals surface area contributed by atoms with Crippen LogP contribution >= 0.6 is 0 Å². The highest BCUT2D eigenvalue weighted by atomic mass is 16.6. The molecular formula is C18H16O6. The zero-order chi connectivity index (χ0) is 16.9. The Bertz CT molecular complexity index is 781. The molecule has 0 amide bonds. The Labute approximate surface area is 138 Å². The van der Waals surface area contributed by atoms with Crippen LogP contribution in [0.3, 0.4) is 0 Å². The summed E-state index contributed by atoms with van der Waals surface area (Å²) in [6.07, 6.45) is 2.87. The molecule has 0 saturated heterocycles. The Morgan fingerprint density at radius 1 is 1.12 bits per heavy atom. The van der Waals surface area contributed by atoms with Gasteiger partial charge in [0.1, 0.15) is 19.0 Å². The standard InChI is InChI=1S/C18H16O6/c1-21-16-10-12(2-5-14(16)19)3-7-18(20)24-13-4-6-15-17(11-13)23-9-8-22-15/h2-7,10-11,19H,8-9H2,1H3/b7-3+. The fraction of sp³-hybridized carbons (Fsp3) is 0.167. The second-order valence-corrected chi connectivity index (χ2v) is 4.99. The van der Waals surface area contributed by atoms with E-state index in [2.05, 4.69) is 0 Å². The Kier molecular flexibility index (Phi) is 4.56. The summed E-state index contributed by atoms with van der Waals surface area (Å²) >= 11 is 0. The van der Waals surface area contributed by atoms with Crippen LogP contribution in [0.15, 0.2) is 42.5 Å². The van der Waals surface area contributed by atoms with E-state index in [1.807, 2.05) is 0 Å². The monoisotopic (exact) mass is 328 g/mol. The maximum atomic E-state index is 11.9. The highest BCUT2D eigenvalue weighted by molar-refractivity contribution is 5.88. The number of carbonyl (C=O) groups excluding carboxylic acids is 1. The minimum Gasteiger partial charge on any atom is -0.504 e. The predicted molar refractivity (Wildman–Crippen MR) is 86.8 cm³/mol. The van der Waals surface area contributed by atoms with Gasteiger partial charge in [-0.3, -0.25) is 0 Å². The summed E-state index contributed by atoms with van der Waals surface area (Å²) in [4.78, 5) is 11.9. The molecule has 1 heterocycles. The molecule has 0 radical (unpaired) electrons. The van der Waals surface area contributed by atoms with Crippen molar-refractivity contribution in [1.82, 2.24) is 0 Å². The van der Waals surface area contributed by atoms with E-state index in [0.29, 0.717) is 41.8 Å². The summed E-state index contributed by atoms with van der Waals surface area (Å²) < 4.78 is 21.1. The molecule has 0 saturated carbocycles. The highest BCUT2D eigenvalue weighted by Crippen LogP contribution is 2.33. The minimum absolute atomic E-state index is 0.0357. The van der Waals surface area contributed by atoms with Crippen molar-refractivity contribution in [2.24, 2.45) is 0 Å². The number of phenols is 1. The lowest BCUT2D eigenvalue weighted by molar-refractivity contribution is -0.128. The Morgan fingerprint density at radius 3 is 2.71 bits per heavy atom. The van der Waals surface area contributed by atoms with E-state index < -0.39 is 5.97 Å². The molecule has 0 spiro atoms. The van der Waals surface area contributed by atoms with E-state index in [-0.39, 0.29) is 5.75 Å². The number of hydrogen-bond acceptors (Lipinski definition) is 6. The van der Waals surface area contributed by atoms with Crippen LogP contribution in [-0.4, -0.2) is 31.4 Å². The quantitative estimate of drug-likeness (QED) is 0.528. The van der Waals surface area contributed by atoms with Crippen LogP contribution in [0.1, 0.15) is 5.56 Å². The number of aromatic hydroxyl groups is 1. The molecule has 124 valence electrons. The second kappa shape index (κ2) is 6.95. The largest absolute Gasteiger partial charge is 0.504 e. The van der Waals surface area contributed by atoms with Crippen molar-refractivity contribution >= 4 is 12.0 Å². The summed E-state index contributed by atoms with van der Waals surface area (Å²) in [6, 6.07) is 9.72. The molecule has 0 atom stereocenters. The van der Waals surface area contributed by atoms with E-state index in [1.165, 1.54) is 19.3 Å². The van der Waals surface area contributed by atoms with Gasteiger partial charge in [-0.05, 0) is 35.9 Å². The molecule has 3 rings (SSSR count). The first-order valence-electron chi connectivity index (χ1n) is 7.32. The van der Waals surface area contributed by atoms with E-state index in [4.69, 9.17) is 18.9 Å². The molecule has 0 bridgehead atoms. The van der Waals surface area contributed by atoms with Gasteiger partial charge in [0.15, 0.2) is 23.0 Å². The number of rotatable bonds is 4. The van der Waals surface area contributed by atoms with Crippen LogP contribution in [-0.2, 0) is 4.79 Å². The molecule has 24 heavy (non-hydrogen) atoms. The molecule has 1 aliphatic heterocycles. The third-order valence-electron chi connectivity index (χ3n) is 3.35. The number of carbonyl (C=O) groups is 1. The summed E-state index contributed by atoms with van der Waals surface area (Å²) in [5.74, 6) is 1.40. The van der Waals surface area contributed by atoms with Gasteiger partial charge < -0.3 is 24.1 Å². The Balaban J connectivity index is 1.67. The number of esters is 1. The average molecular weight is 328 g/mol. The number of hydrogen-bond donors (Lipinski definition) is 1. The van der Waals surface area contributed by atoms with Gasteiger partial charge in [-0.15, -0.1) is 0 Å². The highest BCUT2D eigenvalue weighted by Gasteiger charge is 2.13. The molecule has 0 unspecified atom stereocenters. The zero-order valence-electron chi connectivity index (χ0n) is 13.0. The van der Waals surface area contributed by atoms with Gasteiger partial charge in [0, 0.05) is 12.1 Å². The molecule has 0 fully saturated rings. The number of benzene rings is 2. The van der Waals surface area contributed by atoms with Crippen LogP contribution < -0.4 is 18.9 Å². The third kappa shape index (κ3) is 3.60. The smallest absolute Gasteiger partial charge is 0.336 e. The van der Waals surface area contributed by atoms with Gasteiger partial charge >= 0.3 is 5.97 Å². The van der Waals surface area contributed by atoms with E-state index in [9.17, 15) is 9.90 Å². The third-order valence-corrected chi connectivity index (χ3v) is 3.35. The fourth-order valence-corrected chi connectivity index (χ4v) is 2.20. The van der Waals surface area contributed by atoms with Gasteiger partial charge in [-0.25, -0.2) is 4.79 Å². The van der Waals surface area contributed by atoms with Crippen molar-refractivity contribution in [1.29, 1.82) is 0 Å². The maximum absolute atomic E-state index is 11.9. The maximum Gasteiger partial charge on any atom is 0.336 e. The summed E-state index contributed by atoms with van der Waals surface area (Å²) in [5.41, 5.74) is 0.698. The number of fused-ring (bicyclic) bond motifs is 1. The number of phenolic OH excluding ortho intramolecular Hbond substituents is 1. The lowest BCUT2D eigenvalue weighted by Gasteiger charge is -2.18. The first-order chi connectivity index (χ1) is 11.7. The normalized spacial score (nSPS) is 12.9. The van der Waals surface area contributed by atoms with Gasteiger partial charge in [0.2, 0.25) is 0 Å². The Morgan fingerprint density at radius 2 is 1.92 bits per heavy atom. The van der Waals surface area contributed by atoms with Crippen molar-refractivity contribution in [3.8, 4) is 28.7 Å². The average Bonchev–Trinajstić information content (AvgIpc) is 2.61. The van der Waals surface area contributed by atoms with Crippen molar-refractivity contribution in [3.05, 3.63) is 48.0 Å². The molecule has 0 aromatic heterocycles. The van der Waals surface area contributed by atoms with Gasteiger partial charge in [-0.1, -0.05) is 6.07 Å². The van der Waals surface area contributed by atoms with Crippen LogP contribution in [0.2, 0.25) is 0 Å². The molecule has 2 aromatic rings.